The number of carbonyl (C=O) groups excluding carboxylic acids is 1. The van der Waals surface area contributed by atoms with Crippen LogP contribution in [-0.4, -0.2) is 90.9 Å². The number of carbonyl (C=O) groups is 1. The Kier molecular flexibility index (Phi) is 8.09. The van der Waals surface area contributed by atoms with Crippen molar-refractivity contribution < 1.29 is 14.3 Å². The first-order chi connectivity index (χ1) is 19.7. The van der Waals surface area contributed by atoms with Crippen LogP contribution in [0, 0.1) is 0 Å². The van der Waals surface area contributed by atoms with Crippen molar-refractivity contribution in [3.63, 3.8) is 0 Å². The lowest BCUT2D eigenvalue weighted by atomic mass is 10.0. The molecule has 2 fully saturated rings. The molecule has 4 heterocycles. The summed E-state index contributed by atoms with van der Waals surface area (Å²) in [5.41, 5.74) is 1.40. The Hall–Kier alpha value is -3.72. The van der Waals surface area contributed by atoms with Crippen molar-refractivity contribution in [3.05, 3.63) is 48.3 Å². The number of unbranched alkanes of at least 4 members (excludes halogenated alkanes) is 3. The largest absolute Gasteiger partial charge is 0.493 e. The molecular formula is C31H38N6O3. The molecular weight excluding hydrogens is 504 g/mol. The van der Waals surface area contributed by atoms with Gasteiger partial charge in [0.05, 0.1) is 31.0 Å². The molecule has 1 atom stereocenters. The zero-order valence-electron chi connectivity index (χ0n) is 23.3. The van der Waals surface area contributed by atoms with E-state index in [0.717, 1.165) is 93.1 Å². The number of aliphatic imine (C=N–C) groups is 1. The maximum absolute atomic E-state index is 13.2. The number of aromatic nitrogens is 2. The summed E-state index contributed by atoms with van der Waals surface area (Å²) >= 11 is 0. The van der Waals surface area contributed by atoms with Crippen molar-refractivity contribution in [2.45, 2.75) is 44.6 Å². The molecule has 0 radical (unpaired) electrons. The van der Waals surface area contributed by atoms with Crippen molar-refractivity contribution in [1.82, 2.24) is 19.8 Å². The molecule has 6 rings (SSSR count). The van der Waals surface area contributed by atoms with Crippen LogP contribution in [0.5, 0.6) is 11.5 Å². The van der Waals surface area contributed by atoms with Crippen LogP contribution in [0.4, 0.5) is 11.6 Å². The summed E-state index contributed by atoms with van der Waals surface area (Å²) in [5, 5.41) is 1.96. The summed E-state index contributed by atoms with van der Waals surface area (Å²) in [6, 6.07) is 9.90. The van der Waals surface area contributed by atoms with Gasteiger partial charge in [0.15, 0.2) is 11.5 Å². The Bertz CT molecular complexity index is 1360. The van der Waals surface area contributed by atoms with Crippen LogP contribution in [0.1, 0.15) is 48.9 Å². The van der Waals surface area contributed by atoms with E-state index >= 15 is 0 Å². The van der Waals surface area contributed by atoms with Crippen molar-refractivity contribution >= 4 is 34.5 Å². The van der Waals surface area contributed by atoms with Crippen LogP contribution in [0.15, 0.2) is 47.7 Å². The third-order valence-corrected chi connectivity index (χ3v) is 8.25. The molecule has 2 saturated heterocycles. The molecule has 9 heteroatoms. The highest BCUT2D eigenvalue weighted by molar-refractivity contribution is 6.07. The highest BCUT2D eigenvalue weighted by Crippen LogP contribution is 2.37. The molecule has 2 aromatic carbocycles. The van der Waals surface area contributed by atoms with Gasteiger partial charge in [0, 0.05) is 51.3 Å². The molecule has 0 unspecified atom stereocenters. The fourth-order valence-electron chi connectivity index (χ4n) is 5.97. The molecule has 0 bridgehead atoms. The molecule has 1 aromatic heterocycles. The summed E-state index contributed by atoms with van der Waals surface area (Å²) in [5.74, 6) is 2.33. The maximum Gasteiger partial charge on any atom is 0.256 e. The lowest BCUT2D eigenvalue weighted by Crippen LogP contribution is -2.47. The van der Waals surface area contributed by atoms with Gasteiger partial charge in [-0.1, -0.05) is 12.8 Å². The second kappa shape index (κ2) is 12.2. The number of hydrogen-bond acceptors (Lipinski definition) is 8. The maximum atomic E-state index is 13.2. The first-order valence-corrected chi connectivity index (χ1v) is 14.6. The third kappa shape index (κ3) is 5.75. The number of rotatable bonds is 10. The molecule has 3 aliphatic rings. The van der Waals surface area contributed by atoms with Gasteiger partial charge in [-0.2, -0.15) is 0 Å². The number of amides is 1. The lowest BCUT2D eigenvalue weighted by Gasteiger charge is -2.34. The zero-order chi connectivity index (χ0) is 27.3. The molecule has 9 nitrogen and oxygen atoms in total. The molecule has 3 aromatic rings. The summed E-state index contributed by atoms with van der Waals surface area (Å²) in [7, 11) is 1.67. The van der Waals surface area contributed by atoms with E-state index in [2.05, 4.69) is 24.8 Å². The minimum atomic E-state index is 0.0716. The Morgan fingerprint density at radius 1 is 0.900 bits per heavy atom. The number of methoxy groups -OCH3 is 1. The first kappa shape index (κ1) is 26.5. The molecule has 210 valence electrons. The monoisotopic (exact) mass is 542 g/mol. The standard InChI is InChI=1S/C31H38N6O3/c1-39-28-20-24-19-27-26(30(38)37-12-6-8-25(37)22-34-27)18-23(24)21-29(28)40-17-5-3-2-4-11-35-13-15-36(16-14-35)31-32-9-7-10-33-31/h7,9-10,18-22,25H,2-6,8,11-17H2,1H3/t25-/m0/s1. The first-order valence-electron chi connectivity index (χ1n) is 14.6. The Labute approximate surface area is 235 Å². The summed E-state index contributed by atoms with van der Waals surface area (Å²) in [6.45, 7) is 6.65. The predicted molar refractivity (Wildman–Crippen MR) is 157 cm³/mol. The van der Waals surface area contributed by atoms with Gasteiger partial charge >= 0.3 is 0 Å². The van der Waals surface area contributed by atoms with Gasteiger partial charge in [-0.3, -0.25) is 14.7 Å². The second-order valence-electron chi connectivity index (χ2n) is 10.8. The van der Waals surface area contributed by atoms with Gasteiger partial charge in [0.2, 0.25) is 5.95 Å². The Balaban J connectivity index is 0.975. The smallest absolute Gasteiger partial charge is 0.256 e. The van der Waals surface area contributed by atoms with Gasteiger partial charge in [0.1, 0.15) is 0 Å². The molecule has 0 aliphatic carbocycles. The van der Waals surface area contributed by atoms with Gasteiger partial charge in [0.25, 0.3) is 5.91 Å². The lowest BCUT2D eigenvalue weighted by molar-refractivity contribution is 0.0775. The minimum absolute atomic E-state index is 0.0716. The van der Waals surface area contributed by atoms with Crippen LogP contribution >= 0.6 is 0 Å². The second-order valence-corrected chi connectivity index (χ2v) is 10.8. The minimum Gasteiger partial charge on any atom is -0.493 e. The van der Waals surface area contributed by atoms with E-state index in [-0.39, 0.29) is 11.9 Å². The van der Waals surface area contributed by atoms with Crippen molar-refractivity contribution in [2.24, 2.45) is 4.99 Å². The fraction of sp³-hybridized carbons (Fsp3) is 0.484. The SMILES string of the molecule is COc1cc2cc3c(cc2cc1OCCCCCCN1CCN(c2ncccn2)CC1)C(=O)N1CCC[C@H]1C=N3. The topological polar surface area (TPSA) is 83.4 Å². The van der Waals surface area contributed by atoms with Gasteiger partial charge < -0.3 is 19.3 Å². The van der Waals surface area contributed by atoms with Crippen LogP contribution < -0.4 is 14.4 Å². The molecule has 3 aliphatic heterocycles. The highest BCUT2D eigenvalue weighted by Gasteiger charge is 2.32. The number of nitrogens with zero attached hydrogens (tertiary/aromatic N) is 6. The summed E-state index contributed by atoms with van der Waals surface area (Å²) < 4.78 is 11.8. The molecule has 40 heavy (non-hydrogen) atoms. The molecule has 0 spiro atoms. The van der Waals surface area contributed by atoms with Gasteiger partial charge in [-0.25, -0.2) is 9.97 Å². The van der Waals surface area contributed by atoms with Crippen LogP contribution in [-0.2, 0) is 0 Å². The number of anilines is 1. The molecule has 1 amide bonds. The number of piperazine rings is 1. The molecule has 0 N–H and O–H groups in total. The predicted octanol–water partition coefficient (Wildman–Crippen LogP) is 4.72. The summed E-state index contributed by atoms with van der Waals surface area (Å²) in [4.78, 5) is 33.4. The van der Waals surface area contributed by atoms with E-state index in [0.29, 0.717) is 17.9 Å². The Morgan fingerprint density at radius 2 is 1.68 bits per heavy atom. The van der Waals surface area contributed by atoms with Crippen molar-refractivity contribution in [3.8, 4) is 11.5 Å². The van der Waals surface area contributed by atoms with E-state index in [1.807, 2.05) is 53.8 Å². The fourth-order valence-corrected chi connectivity index (χ4v) is 5.97. The normalized spacial score (nSPS) is 19.0. The highest BCUT2D eigenvalue weighted by atomic mass is 16.5. The Morgan fingerprint density at radius 3 is 2.50 bits per heavy atom. The summed E-state index contributed by atoms with van der Waals surface area (Å²) in [6.07, 6.45) is 12.1. The van der Waals surface area contributed by atoms with E-state index < -0.39 is 0 Å². The molecule has 0 saturated carbocycles. The van der Waals surface area contributed by atoms with E-state index in [4.69, 9.17) is 9.47 Å². The third-order valence-electron chi connectivity index (χ3n) is 8.25. The zero-order valence-corrected chi connectivity index (χ0v) is 23.3. The van der Waals surface area contributed by atoms with Gasteiger partial charge in [-0.15, -0.1) is 0 Å². The number of hydrogen-bond donors (Lipinski definition) is 0. The van der Waals surface area contributed by atoms with E-state index in [1.54, 1.807) is 7.11 Å². The number of benzene rings is 2. The average Bonchev–Trinajstić information content (AvgIpc) is 3.43. The number of ether oxygens (including phenoxy) is 2. The van der Waals surface area contributed by atoms with Crippen LogP contribution in [0.25, 0.3) is 10.8 Å². The number of fused-ring (bicyclic) bond motifs is 3. The van der Waals surface area contributed by atoms with Gasteiger partial charge in [-0.05, 0) is 73.3 Å². The van der Waals surface area contributed by atoms with Crippen molar-refractivity contribution in [1.29, 1.82) is 0 Å². The quantitative estimate of drug-likeness (QED) is 0.343. The van der Waals surface area contributed by atoms with Crippen molar-refractivity contribution in [2.75, 3.05) is 57.9 Å². The van der Waals surface area contributed by atoms with Crippen LogP contribution in [0.2, 0.25) is 0 Å². The van der Waals surface area contributed by atoms with E-state index in [9.17, 15) is 4.79 Å². The van der Waals surface area contributed by atoms with E-state index in [1.165, 1.54) is 12.8 Å². The average molecular weight is 543 g/mol. The van der Waals surface area contributed by atoms with Crippen LogP contribution in [0.3, 0.4) is 0 Å².